The van der Waals surface area contributed by atoms with E-state index in [1.165, 1.54) is 0 Å². The van der Waals surface area contributed by atoms with E-state index >= 15 is 0 Å². The Labute approximate surface area is 130 Å². The summed E-state index contributed by atoms with van der Waals surface area (Å²) < 4.78 is 0. The van der Waals surface area contributed by atoms with Gasteiger partial charge in [-0.15, -0.1) is 17.5 Å². The van der Waals surface area contributed by atoms with Gasteiger partial charge in [0.2, 0.25) is 0 Å². The third-order valence-corrected chi connectivity index (χ3v) is 3.34. The number of thiol groups is 1. The molecule has 20 heavy (non-hydrogen) atoms. The van der Waals surface area contributed by atoms with Gasteiger partial charge in [0.1, 0.15) is 12.0 Å². The number of nitroso groups, excluding NO2 is 1. The molecule has 0 fully saturated rings. The van der Waals surface area contributed by atoms with E-state index in [0.717, 1.165) is 35.7 Å². The predicted octanol–water partition coefficient (Wildman–Crippen LogP) is 1.63. The lowest BCUT2D eigenvalue weighted by atomic mass is 10.4. The van der Waals surface area contributed by atoms with E-state index in [1.54, 1.807) is 17.2 Å². The second-order valence-corrected chi connectivity index (χ2v) is 5.74. The minimum atomic E-state index is 0.283. The first kappa shape index (κ1) is 19.0. The summed E-state index contributed by atoms with van der Waals surface area (Å²) in [5.74, 6) is 1.91. The Morgan fingerprint density at radius 3 is 2.75 bits per heavy atom. The average molecular weight is 317 g/mol. The van der Waals surface area contributed by atoms with Gasteiger partial charge < -0.3 is 16.0 Å². The first-order valence-corrected chi connectivity index (χ1v) is 7.78. The Bertz CT molecular complexity index is 380. The molecule has 0 aliphatic heterocycles. The van der Waals surface area contributed by atoms with Crippen molar-refractivity contribution in [3.8, 4) is 0 Å². The SMILES string of the molecule is C/C(CN(C)C)=N\C(=C/S)CSCCN/C(N)=C\N=O. The van der Waals surface area contributed by atoms with Crippen molar-refractivity contribution in [2.45, 2.75) is 6.92 Å². The summed E-state index contributed by atoms with van der Waals surface area (Å²) in [5.41, 5.74) is 7.46. The van der Waals surface area contributed by atoms with Crippen LogP contribution in [-0.2, 0) is 0 Å². The summed E-state index contributed by atoms with van der Waals surface area (Å²) in [4.78, 5) is 16.5. The van der Waals surface area contributed by atoms with Crippen LogP contribution in [0.3, 0.4) is 0 Å². The Morgan fingerprint density at radius 1 is 1.50 bits per heavy atom. The molecule has 0 rings (SSSR count). The van der Waals surface area contributed by atoms with Crippen molar-refractivity contribution < 1.29 is 0 Å². The summed E-state index contributed by atoms with van der Waals surface area (Å²) in [7, 11) is 4.02. The quantitative estimate of drug-likeness (QED) is 0.247. The monoisotopic (exact) mass is 317 g/mol. The smallest absolute Gasteiger partial charge is 0.118 e. The molecule has 0 radical (unpaired) electrons. The van der Waals surface area contributed by atoms with Crippen molar-refractivity contribution in [3.63, 3.8) is 0 Å². The molecule has 0 saturated carbocycles. The fourth-order valence-electron chi connectivity index (χ4n) is 1.38. The molecule has 0 amide bonds. The average Bonchev–Trinajstić information content (AvgIpc) is 2.36. The number of rotatable bonds is 10. The van der Waals surface area contributed by atoms with Gasteiger partial charge in [-0.05, 0) is 31.6 Å². The van der Waals surface area contributed by atoms with E-state index in [2.05, 4.69) is 33.0 Å². The zero-order valence-electron chi connectivity index (χ0n) is 12.2. The fourth-order valence-corrected chi connectivity index (χ4v) is 2.40. The van der Waals surface area contributed by atoms with E-state index in [-0.39, 0.29) is 5.82 Å². The van der Waals surface area contributed by atoms with Crippen molar-refractivity contribution in [2.75, 3.05) is 38.7 Å². The maximum atomic E-state index is 9.93. The van der Waals surface area contributed by atoms with Gasteiger partial charge in [0, 0.05) is 30.3 Å². The topological polar surface area (TPSA) is 83.1 Å². The molecule has 8 heteroatoms. The van der Waals surface area contributed by atoms with E-state index in [4.69, 9.17) is 5.73 Å². The second-order valence-electron chi connectivity index (χ2n) is 4.37. The van der Waals surface area contributed by atoms with Crippen LogP contribution < -0.4 is 11.1 Å². The Hall–Kier alpha value is -0.990. The van der Waals surface area contributed by atoms with Gasteiger partial charge in [-0.25, -0.2) is 0 Å². The highest BCUT2D eigenvalue weighted by atomic mass is 32.2. The minimum absolute atomic E-state index is 0.283. The van der Waals surface area contributed by atoms with Crippen LogP contribution in [-0.4, -0.2) is 49.3 Å². The Kier molecular flexibility index (Phi) is 11.2. The third-order valence-electron chi connectivity index (χ3n) is 2.05. The molecular formula is C12H23N5OS2. The highest BCUT2D eigenvalue weighted by molar-refractivity contribution is 7.99. The maximum absolute atomic E-state index is 9.93. The third kappa shape index (κ3) is 10.9. The molecule has 0 saturated heterocycles. The zero-order chi connectivity index (χ0) is 15.4. The summed E-state index contributed by atoms with van der Waals surface area (Å²) in [5, 5.41) is 7.20. The predicted molar refractivity (Wildman–Crippen MR) is 92.1 cm³/mol. The lowest BCUT2D eigenvalue weighted by molar-refractivity contribution is 0.469. The summed E-state index contributed by atoms with van der Waals surface area (Å²) >= 11 is 5.89. The maximum Gasteiger partial charge on any atom is 0.118 e. The molecule has 114 valence electrons. The second kappa shape index (κ2) is 11.8. The van der Waals surface area contributed by atoms with Gasteiger partial charge in [-0.2, -0.15) is 11.8 Å². The number of hydrogen-bond acceptors (Lipinski definition) is 8. The molecule has 0 bridgehead atoms. The molecule has 0 unspecified atom stereocenters. The van der Waals surface area contributed by atoms with Gasteiger partial charge >= 0.3 is 0 Å². The van der Waals surface area contributed by atoms with Crippen molar-refractivity contribution in [1.29, 1.82) is 0 Å². The van der Waals surface area contributed by atoms with Crippen LogP contribution in [0.1, 0.15) is 6.92 Å². The highest BCUT2D eigenvalue weighted by Gasteiger charge is 1.99. The number of nitrogens with zero attached hydrogens (tertiary/aromatic N) is 3. The van der Waals surface area contributed by atoms with E-state index in [1.807, 2.05) is 21.0 Å². The highest BCUT2D eigenvalue weighted by Crippen LogP contribution is 2.10. The molecule has 3 N–H and O–H groups in total. The molecular weight excluding hydrogens is 294 g/mol. The van der Waals surface area contributed by atoms with E-state index < -0.39 is 0 Å². The van der Waals surface area contributed by atoms with Crippen LogP contribution in [0.4, 0.5) is 0 Å². The van der Waals surface area contributed by atoms with Crippen molar-refractivity contribution in [1.82, 2.24) is 10.2 Å². The standard InChI is InChI=1S/C12H23N5OS2/c1-10(7-17(2)3)16-11(8-19)9-20-5-4-14-12(13)6-15-18/h6,8,14,19H,4-5,7,9,13H2,1-3H3/b11-8-,12-6-,16-10+. The zero-order valence-corrected chi connectivity index (χ0v) is 13.9. The molecule has 0 aliphatic carbocycles. The molecule has 0 atom stereocenters. The van der Waals surface area contributed by atoms with Gasteiger partial charge in [-0.1, -0.05) is 0 Å². The van der Waals surface area contributed by atoms with Gasteiger partial charge in [0.25, 0.3) is 0 Å². The number of hydrogen-bond donors (Lipinski definition) is 3. The molecule has 0 aliphatic rings. The molecule has 0 aromatic heterocycles. The molecule has 0 heterocycles. The number of nitrogens with two attached hydrogens (primary N) is 1. The number of nitrogens with one attached hydrogen (secondary N) is 1. The Morgan fingerprint density at radius 2 is 2.20 bits per heavy atom. The fraction of sp³-hybridized carbons (Fsp3) is 0.583. The van der Waals surface area contributed by atoms with Crippen LogP contribution in [0.25, 0.3) is 0 Å². The lowest BCUT2D eigenvalue weighted by Gasteiger charge is -2.10. The van der Waals surface area contributed by atoms with Gasteiger partial charge in [0.15, 0.2) is 0 Å². The molecule has 0 spiro atoms. The number of aliphatic imine (C=N–C) groups is 1. The molecule has 0 aromatic carbocycles. The summed E-state index contributed by atoms with van der Waals surface area (Å²) in [6, 6.07) is 0. The van der Waals surface area contributed by atoms with Crippen molar-refractivity contribution >= 4 is 30.1 Å². The minimum Gasteiger partial charge on any atom is -0.384 e. The Balaban J connectivity index is 3.98. The van der Waals surface area contributed by atoms with E-state index in [0.29, 0.717) is 6.54 Å². The largest absolute Gasteiger partial charge is 0.384 e. The summed E-state index contributed by atoms with van der Waals surface area (Å²) in [6.07, 6.45) is 1.05. The number of thioether (sulfide) groups is 1. The van der Waals surface area contributed by atoms with Crippen molar-refractivity contribution in [2.24, 2.45) is 15.9 Å². The summed E-state index contributed by atoms with van der Waals surface area (Å²) in [6.45, 7) is 3.50. The first-order chi connectivity index (χ1) is 9.49. The molecule has 6 nitrogen and oxygen atoms in total. The van der Waals surface area contributed by atoms with Crippen molar-refractivity contribution in [3.05, 3.63) is 28.0 Å². The molecule has 0 aromatic rings. The van der Waals surface area contributed by atoms with Crippen LogP contribution in [0, 0.1) is 4.91 Å². The lowest BCUT2D eigenvalue weighted by Crippen LogP contribution is -2.22. The van der Waals surface area contributed by atoms with Crippen LogP contribution in [0.15, 0.2) is 33.3 Å². The van der Waals surface area contributed by atoms with Gasteiger partial charge in [0.05, 0.1) is 5.70 Å². The van der Waals surface area contributed by atoms with Gasteiger partial charge in [-0.3, -0.25) is 4.99 Å². The van der Waals surface area contributed by atoms with Crippen LogP contribution >= 0.6 is 24.4 Å². The van der Waals surface area contributed by atoms with Crippen LogP contribution in [0.2, 0.25) is 0 Å². The van der Waals surface area contributed by atoms with E-state index in [9.17, 15) is 4.91 Å². The van der Waals surface area contributed by atoms with Crippen LogP contribution in [0.5, 0.6) is 0 Å². The first-order valence-electron chi connectivity index (χ1n) is 6.11. The normalized spacial score (nSPS) is 13.8.